The highest BCUT2D eigenvalue weighted by atomic mass is 19.2. The van der Waals surface area contributed by atoms with Crippen LogP contribution in [0.4, 0.5) is 14.5 Å². The van der Waals surface area contributed by atoms with Crippen molar-refractivity contribution in [3.63, 3.8) is 0 Å². The van der Waals surface area contributed by atoms with Gasteiger partial charge in [0.15, 0.2) is 11.6 Å². The van der Waals surface area contributed by atoms with E-state index in [0.29, 0.717) is 17.1 Å². The number of nitrogens with one attached hydrogen (secondary N) is 1. The van der Waals surface area contributed by atoms with E-state index >= 15 is 0 Å². The maximum atomic E-state index is 13.3. The van der Waals surface area contributed by atoms with Crippen LogP contribution in [0.1, 0.15) is 16.2 Å². The van der Waals surface area contributed by atoms with Gasteiger partial charge >= 0.3 is 0 Å². The average Bonchev–Trinajstić information content (AvgIpc) is 2.56. The summed E-state index contributed by atoms with van der Waals surface area (Å²) < 4.78 is 31.6. The lowest BCUT2D eigenvalue weighted by Gasteiger charge is -2.09. The lowest BCUT2D eigenvalue weighted by molar-refractivity contribution is 0.102. The fourth-order valence-corrected chi connectivity index (χ4v) is 2.22. The van der Waals surface area contributed by atoms with Crippen LogP contribution in [0.25, 0.3) is 11.0 Å². The molecule has 2 aromatic carbocycles. The number of fused-ring (bicyclic) bond motifs is 1. The second-order valence-electron chi connectivity index (χ2n) is 5.10. The first-order valence-electron chi connectivity index (χ1n) is 7.06. The number of carbonyl (C=O) groups excluding carboxylic acids is 1. The molecule has 0 saturated heterocycles. The van der Waals surface area contributed by atoms with Crippen molar-refractivity contribution in [2.45, 2.75) is 6.92 Å². The molecule has 0 saturated carbocycles. The first-order chi connectivity index (χ1) is 11.5. The Morgan fingerprint density at radius 2 is 1.62 bits per heavy atom. The van der Waals surface area contributed by atoms with E-state index in [0.717, 1.165) is 12.1 Å². The number of hydrogen-bond acceptors (Lipinski definition) is 4. The van der Waals surface area contributed by atoms with Crippen LogP contribution in [0, 0.1) is 18.6 Å². The standard InChI is InChI=1S/C17H13F2N3O2/c1-9-16(17(23)21-10-3-5-11(24-2)6-4-10)22-15-8-13(19)12(18)7-14(15)20-9/h3-8H,1-2H3,(H,21,23). The summed E-state index contributed by atoms with van der Waals surface area (Å²) in [5.41, 5.74) is 1.21. The molecule has 1 heterocycles. The summed E-state index contributed by atoms with van der Waals surface area (Å²) in [6, 6.07) is 8.63. The second-order valence-corrected chi connectivity index (χ2v) is 5.10. The number of nitrogens with zero attached hydrogens (tertiary/aromatic N) is 2. The minimum absolute atomic E-state index is 0.0457. The third-order valence-electron chi connectivity index (χ3n) is 3.44. The summed E-state index contributed by atoms with van der Waals surface area (Å²) in [5, 5.41) is 2.68. The molecule has 0 unspecified atom stereocenters. The molecule has 122 valence electrons. The quantitative estimate of drug-likeness (QED) is 0.799. The van der Waals surface area contributed by atoms with E-state index in [2.05, 4.69) is 15.3 Å². The smallest absolute Gasteiger partial charge is 0.276 e. The van der Waals surface area contributed by atoms with E-state index in [1.54, 1.807) is 38.3 Å². The summed E-state index contributed by atoms with van der Waals surface area (Å²) in [5.74, 6) is -1.88. The Morgan fingerprint density at radius 1 is 1.04 bits per heavy atom. The van der Waals surface area contributed by atoms with E-state index in [1.165, 1.54) is 0 Å². The third kappa shape index (κ3) is 3.01. The zero-order valence-electron chi connectivity index (χ0n) is 12.9. The second kappa shape index (κ2) is 6.19. The van der Waals surface area contributed by atoms with Crippen molar-refractivity contribution in [3.8, 4) is 5.75 Å². The van der Waals surface area contributed by atoms with Gasteiger partial charge in [0, 0.05) is 17.8 Å². The number of anilines is 1. The van der Waals surface area contributed by atoms with E-state index < -0.39 is 17.5 Å². The Bertz CT molecular complexity index is 927. The summed E-state index contributed by atoms with van der Waals surface area (Å²) in [7, 11) is 1.55. The molecule has 3 aromatic rings. The molecule has 0 atom stereocenters. The van der Waals surface area contributed by atoms with E-state index in [1.807, 2.05) is 0 Å². The van der Waals surface area contributed by atoms with Crippen LogP contribution in [-0.4, -0.2) is 23.0 Å². The zero-order valence-corrected chi connectivity index (χ0v) is 12.9. The Balaban J connectivity index is 1.93. The van der Waals surface area contributed by atoms with Crippen molar-refractivity contribution < 1.29 is 18.3 Å². The van der Waals surface area contributed by atoms with Crippen LogP contribution in [0.5, 0.6) is 5.75 Å². The highest BCUT2D eigenvalue weighted by Gasteiger charge is 2.15. The van der Waals surface area contributed by atoms with Gasteiger partial charge in [-0.25, -0.2) is 18.7 Å². The van der Waals surface area contributed by atoms with Gasteiger partial charge in [-0.3, -0.25) is 4.79 Å². The van der Waals surface area contributed by atoms with Crippen LogP contribution in [0.2, 0.25) is 0 Å². The summed E-state index contributed by atoms with van der Waals surface area (Å²) in [6.45, 7) is 1.58. The van der Waals surface area contributed by atoms with Gasteiger partial charge in [0.1, 0.15) is 11.4 Å². The molecule has 0 aliphatic carbocycles. The van der Waals surface area contributed by atoms with Crippen LogP contribution in [0.3, 0.4) is 0 Å². The molecule has 5 nitrogen and oxygen atoms in total. The predicted molar refractivity (Wildman–Crippen MR) is 85.1 cm³/mol. The van der Waals surface area contributed by atoms with Gasteiger partial charge in [-0.05, 0) is 31.2 Å². The predicted octanol–water partition coefficient (Wildman–Crippen LogP) is 3.48. The fraction of sp³-hybridized carbons (Fsp3) is 0.118. The molecule has 3 rings (SSSR count). The molecule has 7 heteroatoms. The summed E-state index contributed by atoms with van der Waals surface area (Å²) >= 11 is 0. The van der Waals surface area contributed by atoms with Gasteiger partial charge in [0.2, 0.25) is 0 Å². The summed E-state index contributed by atoms with van der Waals surface area (Å²) in [6.07, 6.45) is 0. The topological polar surface area (TPSA) is 64.1 Å². The largest absolute Gasteiger partial charge is 0.497 e. The number of benzene rings is 2. The van der Waals surface area contributed by atoms with E-state index in [4.69, 9.17) is 4.74 Å². The number of aromatic nitrogens is 2. The van der Waals surface area contributed by atoms with E-state index in [9.17, 15) is 13.6 Å². The van der Waals surface area contributed by atoms with Gasteiger partial charge < -0.3 is 10.1 Å². The van der Waals surface area contributed by atoms with Crippen molar-refractivity contribution in [1.29, 1.82) is 0 Å². The molecule has 0 aliphatic rings. The Hall–Kier alpha value is -3.09. The van der Waals surface area contributed by atoms with Crippen molar-refractivity contribution in [1.82, 2.24) is 9.97 Å². The minimum atomic E-state index is -1.04. The van der Waals surface area contributed by atoms with Crippen LogP contribution >= 0.6 is 0 Å². The van der Waals surface area contributed by atoms with Gasteiger partial charge in [0.05, 0.1) is 23.8 Å². The first-order valence-corrected chi connectivity index (χ1v) is 7.06. The van der Waals surface area contributed by atoms with Crippen molar-refractivity contribution >= 4 is 22.6 Å². The summed E-state index contributed by atoms with van der Waals surface area (Å²) in [4.78, 5) is 20.6. The molecule has 0 radical (unpaired) electrons. The Morgan fingerprint density at radius 3 is 2.21 bits per heavy atom. The lowest BCUT2D eigenvalue weighted by atomic mass is 10.2. The normalized spacial score (nSPS) is 10.7. The van der Waals surface area contributed by atoms with Gasteiger partial charge in [-0.15, -0.1) is 0 Å². The number of amides is 1. The number of halogens is 2. The Kier molecular flexibility index (Phi) is 4.07. The van der Waals surface area contributed by atoms with Gasteiger partial charge in [-0.1, -0.05) is 0 Å². The molecule has 0 aliphatic heterocycles. The Labute approximate surface area is 136 Å². The highest BCUT2D eigenvalue weighted by Crippen LogP contribution is 2.19. The number of methoxy groups -OCH3 is 1. The molecule has 24 heavy (non-hydrogen) atoms. The molecule has 0 bridgehead atoms. The maximum absolute atomic E-state index is 13.3. The number of carbonyl (C=O) groups is 1. The van der Waals surface area contributed by atoms with Crippen LogP contribution < -0.4 is 10.1 Å². The van der Waals surface area contributed by atoms with Gasteiger partial charge in [0.25, 0.3) is 5.91 Å². The molecule has 1 amide bonds. The van der Waals surface area contributed by atoms with Crippen LogP contribution in [-0.2, 0) is 0 Å². The van der Waals surface area contributed by atoms with Crippen LogP contribution in [0.15, 0.2) is 36.4 Å². The highest BCUT2D eigenvalue weighted by molar-refractivity contribution is 6.04. The molecule has 1 N–H and O–H groups in total. The zero-order chi connectivity index (χ0) is 17.3. The fourth-order valence-electron chi connectivity index (χ4n) is 2.22. The number of hydrogen-bond donors (Lipinski definition) is 1. The van der Waals surface area contributed by atoms with Gasteiger partial charge in [-0.2, -0.15) is 0 Å². The molecule has 0 spiro atoms. The molecular weight excluding hydrogens is 316 g/mol. The van der Waals surface area contributed by atoms with Crippen molar-refractivity contribution in [2.75, 3.05) is 12.4 Å². The first kappa shape index (κ1) is 15.8. The molecule has 0 fully saturated rings. The van der Waals surface area contributed by atoms with Crippen molar-refractivity contribution in [2.24, 2.45) is 0 Å². The number of ether oxygens (including phenoxy) is 1. The maximum Gasteiger partial charge on any atom is 0.276 e. The van der Waals surface area contributed by atoms with E-state index in [-0.39, 0.29) is 16.7 Å². The SMILES string of the molecule is COc1ccc(NC(=O)c2nc3cc(F)c(F)cc3nc2C)cc1. The number of aryl methyl sites for hydroxylation is 1. The number of rotatable bonds is 3. The minimum Gasteiger partial charge on any atom is -0.497 e. The third-order valence-corrected chi connectivity index (χ3v) is 3.44. The lowest BCUT2D eigenvalue weighted by Crippen LogP contribution is -2.16. The average molecular weight is 329 g/mol. The monoisotopic (exact) mass is 329 g/mol. The molecule has 1 aromatic heterocycles. The molecular formula is C17H13F2N3O2. The van der Waals surface area contributed by atoms with Crippen molar-refractivity contribution in [3.05, 3.63) is 59.4 Å².